The minimum atomic E-state index is -0.773. The van der Waals surface area contributed by atoms with Gasteiger partial charge in [-0.3, -0.25) is 4.79 Å². The van der Waals surface area contributed by atoms with Crippen LogP contribution < -0.4 is 5.73 Å². The van der Waals surface area contributed by atoms with Crippen molar-refractivity contribution >= 4 is 5.97 Å². The number of rotatable bonds is 1. The first-order valence-electron chi connectivity index (χ1n) is 5.69. The van der Waals surface area contributed by atoms with Gasteiger partial charge in [-0.2, -0.15) is 0 Å². The summed E-state index contributed by atoms with van der Waals surface area (Å²) in [4.78, 5) is 11.8. The maximum atomic E-state index is 11.8. The van der Waals surface area contributed by atoms with Crippen LogP contribution in [0, 0.1) is 11.3 Å². The Balaban J connectivity index is 2.96. The van der Waals surface area contributed by atoms with Crippen molar-refractivity contribution in [2.75, 3.05) is 7.11 Å². The van der Waals surface area contributed by atoms with E-state index in [4.69, 9.17) is 10.5 Å². The lowest BCUT2D eigenvalue weighted by Gasteiger charge is -2.45. The van der Waals surface area contributed by atoms with Crippen molar-refractivity contribution in [3.8, 4) is 0 Å². The number of hydrogen-bond acceptors (Lipinski definition) is 3. The minimum Gasteiger partial charge on any atom is -0.468 e. The Hall–Kier alpha value is -0.570. The van der Waals surface area contributed by atoms with E-state index in [1.807, 2.05) is 0 Å². The average molecular weight is 213 g/mol. The molecule has 0 aromatic carbocycles. The van der Waals surface area contributed by atoms with Crippen LogP contribution in [-0.2, 0) is 9.53 Å². The second-order valence-electron chi connectivity index (χ2n) is 5.70. The summed E-state index contributed by atoms with van der Waals surface area (Å²) in [6.07, 6.45) is 3.97. The Morgan fingerprint density at radius 1 is 1.40 bits per heavy atom. The first kappa shape index (κ1) is 12.5. The molecule has 0 amide bonds. The number of nitrogens with two attached hydrogens (primary N) is 1. The van der Waals surface area contributed by atoms with Crippen molar-refractivity contribution in [2.24, 2.45) is 17.1 Å². The number of carbonyl (C=O) groups excluding carboxylic acids is 1. The van der Waals surface area contributed by atoms with Gasteiger partial charge < -0.3 is 10.5 Å². The van der Waals surface area contributed by atoms with E-state index in [9.17, 15) is 4.79 Å². The van der Waals surface area contributed by atoms with E-state index in [1.54, 1.807) is 0 Å². The molecule has 1 fully saturated rings. The van der Waals surface area contributed by atoms with Gasteiger partial charge in [0.2, 0.25) is 0 Å². The van der Waals surface area contributed by atoms with Crippen LogP contribution in [0.3, 0.4) is 0 Å². The van der Waals surface area contributed by atoms with Crippen LogP contribution in [0.1, 0.15) is 46.5 Å². The summed E-state index contributed by atoms with van der Waals surface area (Å²) in [5.41, 5.74) is 5.56. The number of carbonyl (C=O) groups is 1. The van der Waals surface area contributed by atoms with E-state index >= 15 is 0 Å². The van der Waals surface area contributed by atoms with Crippen LogP contribution in [-0.4, -0.2) is 18.6 Å². The van der Waals surface area contributed by atoms with Crippen molar-refractivity contribution in [2.45, 2.75) is 52.0 Å². The fourth-order valence-electron chi connectivity index (χ4n) is 2.84. The molecule has 0 spiro atoms. The summed E-state index contributed by atoms with van der Waals surface area (Å²) in [5, 5.41) is 0. The van der Waals surface area contributed by atoms with Crippen molar-refractivity contribution in [3.63, 3.8) is 0 Å². The quantitative estimate of drug-likeness (QED) is 0.679. The zero-order valence-electron chi connectivity index (χ0n) is 10.3. The Kier molecular flexibility index (Phi) is 3.44. The Bertz CT molecular complexity index is 244. The summed E-state index contributed by atoms with van der Waals surface area (Å²) in [7, 11) is 1.42. The Morgan fingerprint density at radius 2 is 2.00 bits per heavy atom. The van der Waals surface area contributed by atoms with Crippen molar-refractivity contribution in [1.29, 1.82) is 0 Å². The van der Waals surface area contributed by atoms with Gasteiger partial charge in [0.25, 0.3) is 0 Å². The predicted octanol–water partition coefficient (Wildman–Crippen LogP) is 2.09. The van der Waals surface area contributed by atoms with E-state index in [1.165, 1.54) is 7.11 Å². The molecule has 0 heterocycles. The third-order valence-electron chi connectivity index (χ3n) is 3.57. The molecule has 15 heavy (non-hydrogen) atoms. The smallest absolute Gasteiger partial charge is 0.326 e. The molecule has 1 saturated carbocycles. The Labute approximate surface area is 92.4 Å². The van der Waals surface area contributed by atoms with E-state index in [0.29, 0.717) is 0 Å². The lowest BCUT2D eigenvalue weighted by atomic mass is 9.62. The molecule has 1 rings (SSSR count). The largest absolute Gasteiger partial charge is 0.468 e. The minimum absolute atomic E-state index is 0.0589. The van der Waals surface area contributed by atoms with Crippen LogP contribution in [0.15, 0.2) is 0 Å². The molecule has 0 radical (unpaired) electrons. The molecule has 2 unspecified atom stereocenters. The molecule has 3 nitrogen and oxygen atoms in total. The van der Waals surface area contributed by atoms with Gasteiger partial charge in [0.15, 0.2) is 0 Å². The summed E-state index contributed by atoms with van der Waals surface area (Å²) >= 11 is 0. The summed E-state index contributed by atoms with van der Waals surface area (Å²) in [6, 6.07) is 0. The zero-order valence-corrected chi connectivity index (χ0v) is 10.3. The average Bonchev–Trinajstić information content (AvgIpc) is 2.15. The van der Waals surface area contributed by atoms with Crippen molar-refractivity contribution < 1.29 is 9.53 Å². The summed E-state index contributed by atoms with van der Waals surface area (Å²) < 4.78 is 4.85. The molecule has 0 saturated heterocycles. The monoisotopic (exact) mass is 213 g/mol. The zero-order chi connectivity index (χ0) is 11.7. The molecular formula is C12H23NO2. The standard InChI is InChI=1S/C12H23NO2/c1-11(2,3)9-7-5-6-8-12(9,13)10(14)15-4/h9H,5-8,13H2,1-4H3. The highest BCUT2D eigenvalue weighted by molar-refractivity contribution is 5.81. The fraction of sp³-hybridized carbons (Fsp3) is 0.917. The summed E-state index contributed by atoms with van der Waals surface area (Å²) in [5.74, 6) is -0.0340. The first-order valence-corrected chi connectivity index (χ1v) is 5.69. The van der Waals surface area contributed by atoms with Gasteiger partial charge in [-0.05, 0) is 24.2 Å². The SMILES string of the molecule is COC(=O)C1(N)CCCCC1C(C)(C)C. The van der Waals surface area contributed by atoms with Crippen molar-refractivity contribution in [3.05, 3.63) is 0 Å². The van der Waals surface area contributed by atoms with Gasteiger partial charge in [0, 0.05) is 0 Å². The topological polar surface area (TPSA) is 52.3 Å². The fourth-order valence-corrected chi connectivity index (χ4v) is 2.84. The summed E-state index contributed by atoms with van der Waals surface area (Å²) in [6.45, 7) is 6.44. The van der Waals surface area contributed by atoms with Gasteiger partial charge in [0.05, 0.1) is 7.11 Å². The van der Waals surface area contributed by atoms with Gasteiger partial charge in [-0.1, -0.05) is 33.6 Å². The van der Waals surface area contributed by atoms with Gasteiger partial charge in [0.1, 0.15) is 5.54 Å². The van der Waals surface area contributed by atoms with E-state index in [2.05, 4.69) is 20.8 Å². The van der Waals surface area contributed by atoms with Crippen LogP contribution in [0.2, 0.25) is 0 Å². The first-order chi connectivity index (χ1) is 6.82. The van der Waals surface area contributed by atoms with Gasteiger partial charge in [-0.25, -0.2) is 0 Å². The van der Waals surface area contributed by atoms with Crippen molar-refractivity contribution in [1.82, 2.24) is 0 Å². The molecule has 2 N–H and O–H groups in total. The molecule has 1 aliphatic rings. The lowest BCUT2D eigenvalue weighted by Crippen LogP contribution is -2.59. The van der Waals surface area contributed by atoms with Crippen LogP contribution >= 0.6 is 0 Å². The van der Waals surface area contributed by atoms with Gasteiger partial charge >= 0.3 is 5.97 Å². The molecule has 0 aromatic rings. The third kappa shape index (κ3) is 2.33. The molecule has 0 aromatic heterocycles. The number of methoxy groups -OCH3 is 1. The predicted molar refractivity (Wildman–Crippen MR) is 60.3 cm³/mol. The molecule has 1 aliphatic carbocycles. The second kappa shape index (κ2) is 4.12. The molecule has 3 heteroatoms. The molecule has 0 bridgehead atoms. The molecule has 2 atom stereocenters. The third-order valence-corrected chi connectivity index (χ3v) is 3.57. The maximum absolute atomic E-state index is 11.8. The molecule has 88 valence electrons. The van der Waals surface area contributed by atoms with Crippen LogP contribution in [0.4, 0.5) is 0 Å². The van der Waals surface area contributed by atoms with Crippen LogP contribution in [0.5, 0.6) is 0 Å². The lowest BCUT2D eigenvalue weighted by molar-refractivity contribution is -0.153. The number of hydrogen-bond donors (Lipinski definition) is 1. The van der Waals surface area contributed by atoms with Crippen LogP contribution in [0.25, 0.3) is 0 Å². The van der Waals surface area contributed by atoms with E-state index in [0.717, 1.165) is 25.7 Å². The maximum Gasteiger partial charge on any atom is 0.326 e. The molecule has 0 aliphatic heterocycles. The normalized spacial score (nSPS) is 32.5. The highest BCUT2D eigenvalue weighted by atomic mass is 16.5. The number of esters is 1. The van der Waals surface area contributed by atoms with E-state index in [-0.39, 0.29) is 17.3 Å². The highest BCUT2D eigenvalue weighted by Gasteiger charge is 2.49. The van der Waals surface area contributed by atoms with Gasteiger partial charge in [-0.15, -0.1) is 0 Å². The highest BCUT2D eigenvalue weighted by Crippen LogP contribution is 2.43. The second-order valence-corrected chi connectivity index (χ2v) is 5.70. The number of ether oxygens (including phenoxy) is 1. The van der Waals surface area contributed by atoms with E-state index < -0.39 is 5.54 Å². The Morgan fingerprint density at radius 3 is 2.47 bits per heavy atom. The molecular weight excluding hydrogens is 190 g/mol.